The van der Waals surface area contributed by atoms with Gasteiger partial charge in [0, 0.05) is 47.3 Å². The van der Waals surface area contributed by atoms with Crippen molar-refractivity contribution in [2.75, 3.05) is 4.90 Å². The number of halogens is 2. The Balaban J connectivity index is 0.992. The first-order valence-corrected chi connectivity index (χ1v) is 19.0. The number of amides is 1. The van der Waals surface area contributed by atoms with E-state index in [4.69, 9.17) is 32.7 Å². The lowest BCUT2D eigenvalue weighted by Crippen LogP contribution is -2.49. The third kappa shape index (κ3) is 5.23. The van der Waals surface area contributed by atoms with Crippen molar-refractivity contribution in [1.29, 1.82) is 0 Å². The largest absolute Gasteiger partial charge is 0.360 e. The number of carbonyl (C=O) groups is 1. The number of aromatic nitrogens is 2. The lowest BCUT2D eigenvalue weighted by molar-refractivity contribution is 0.0980. The van der Waals surface area contributed by atoms with Crippen LogP contribution in [0.5, 0.6) is 0 Å². The van der Waals surface area contributed by atoms with E-state index in [0.29, 0.717) is 59.0 Å². The normalized spacial score (nSPS) is 23.7. The Bertz CT molecular complexity index is 1950. The van der Waals surface area contributed by atoms with Crippen LogP contribution in [0.1, 0.15) is 91.5 Å². The second-order valence-corrected chi connectivity index (χ2v) is 17.5. The van der Waals surface area contributed by atoms with Crippen molar-refractivity contribution < 1.29 is 17.7 Å². The number of thiazole rings is 1. The summed E-state index contributed by atoms with van der Waals surface area (Å²) in [5.74, 6) is 0.764. The van der Waals surface area contributed by atoms with Gasteiger partial charge >= 0.3 is 0 Å². The monoisotopic (exact) mass is 699 g/mol. The van der Waals surface area contributed by atoms with Gasteiger partial charge in [-0.15, -0.1) is 0 Å². The van der Waals surface area contributed by atoms with E-state index in [1.54, 1.807) is 24.3 Å². The van der Waals surface area contributed by atoms with Gasteiger partial charge in [0.15, 0.2) is 5.13 Å². The Morgan fingerprint density at radius 1 is 1.09 bits per heavy atom. The fourth-order valence-corrected chi connectivity index (χ4v) is 10.2. The number of hydrogen-bond donors (Lipinski definition) is 2. The third-order valence-electron chi connectivity index (χ3n) is 10.4. The molecule has 2 atom stereocenters. The van der Waals surface area contributed by atoms with E-state index in [0.717, 1.165) is 82.0 Å². The van der Waals surface area contributed by atoms with E-state index in [-0.39, 0.29) is 0 Å². The molecule has 2 aliphatic heterocycles. The SMILES string of the molecule is Cc1c(C(=O)NS(=O)(=O)C2(C)CC2)ccc2nc(N3C4CCC3CC(NCc3c(-c5c(Cl)cccc5Cl)noc3C3CC3)C4)sc12. The molecule has 4 aromatic rings. The topological polar surface area (TPSA) is 117 Å². The van der Waals surface area contributed by atoms with Crippen molar-refractivity contribution in [3.63, 3.8) is 0 Å². The Kier molecular flexibility index (Phi) is 7.45. The van der Waals surface area contributed by atoms with Gasteiger partial charge in [-0.05, 0) is 95.0 Å². The van der Waals surface area contributed by atoms with Crippen molar-refractivity contribution in [2.24, 2.45) is 0 Å². The van der Waals surface area contributed by atoms with Gasteiger partial charge in [-0.1, -0.05) is 45.8 Å². The average molecular weight is 701 g/mol. The molecule has 8 rings (SSSR count). The summed E-state index contributed by atoms with van der Waals surface area (Å²) in [4.78, 5) is 20.5. The van der Waals surface area contributed by atoms with Crippen molar-refractivity contribution in [3.05, 3.63) is 62.8 Å². The maximum atomic E-state index is 13.1. The van der Waals surface area contributed by atoms with E-state index in [9.17, 15) is 13.2 Å². The molecule has 2 saturated heterocycles. The van der Waals surface area contributed by atoms with Crippen LogP contribution < -0.4 is 14.9 Å². The van der Waals surface area contributed by atoms with Crippen LogP contribution in [0.3, 0.4) is 0 Å². The maximum absolute atomic E-state index is 13.1. The van der Waals surface area contributed by atoms with Crippen LogP contribution in [0.4, 0.5) is 5.13 Å². The molecule has 9 nitrogen and oxygen atoms in total. The van der Waals surface area contributed by atoms with Crippen LogP contribution in [-0.4, -0.2) is 47.3 Å². The Morgan fingerprint density at radius 3 is 2.43 bits per heavy atom. The number of carbonyl (C=O) groups excluding carboxylic acids is 1. The van der Waals surface area contributed by atoms with Crippen molar-refractivity contribution >= 4 is 65.8 Å². The molecule has 2 aromatic heterocycles. The number of piperidine rings is 1. The van der Waals surface area contributed by atoms with Crippen molar-refractivity contribution in [3.8, 4) is 11.3 Å². The van der Waals surface area contributed by atoms with Crippen molar-refractivity contribution in [2.45, 2.75) is 101 Å². The van der Waals surface area contributed by atoms with E-state index >= 15 is 0 Å². The Labute approximate surface area is 282 Å². The summed E-state index contributed by atoms with van der Waals surface area (Å²) < 4.78 is 33.6. The maximum Gasteiger partial charge on any atom is 0.265 e. The zero-order chi connectivity index (χ0) is 32.0. The molecule has 2 aromatic carbocycles. The fourth-order valence-electron chi connectivity index (χ4n) is 7.19. The van der Waals surface area contributed by atoms with Crippen LogP contribution in [0, 0.1) is 6.92 Å². The lowest BCUT2D eigenvalue weighted by atomic mass is 9.97. The highest BCUT2D eigenvalue weighted by molar-refractivity contribution is 7.91. The van der Waals surface area contributed by atoms with Gasteiger partial charge in [-0.25, -0.2) is 18.1 Å². The summed E-state index contributed by atoms with van der Waals surface area (Å²) in [5.41, 5.74) is 4.46. The first-order chi connectivity index (χ1) is 22.0. The summed E-state index contributed by atoms with van der Waals surface area (Å²) in [5, 5.41) is 10.4. The van der Waals surface area contributed by atoms with E-state index in [1.807, 2.05) is 31.2 Å². The van der Waals surface area contributed by atoms with E-state index < -0.39 is 20.7 Å². The van der Waals surface area contributed by atoms with Crippen LogP contribution in [-0.2, 0) is 16.6 Å². The first kappa shape index (κ1) is 30.6. The number of aryl methyl sites for hydroxylation is 1. The second kappa shape index (κ2) is 11.2. The molecule has 2 saturated carbocycles. The highest BCUT2D eigenvalue weighted by Gasteiger charge is 2.51. The Morgan fingerprint density at radius 2 is 1.78 bits per heavy atom. The van der Waals surface area contributed by atoms with E-state index in [1.165, 1.54) is 0 Å². The zero-order valence-corrected chi connectivity index (χ0v) is 28.8. The summed E-state index contributed by atoms with van der Waals surface area (Å²) in [6.07, 6.45) is 7.53. The lowest BCUT2D eigenvalue weighted by Gasteiger charge is -2.39. The van der Waals surface area contributed by atoms with Gasteiger partial charge in [-0.2, -0.15) is 0 Å². The molecule has 242 valence electrons. The predicted octanol–water partition coefficient (Wildman–Crippen LogP) is 7.35. The van der Waals surface area contributed by atoms with Crippen LogP contribution >= 0.6 is 34.5 Å². The minimum Gasteiger partial charge on any atom is -0.360 e. The summed E-state index contributed by atoms with van der Waals surface area (Å²) in [7, 11) is -3.72. The first-order valence-electron chi connectivity index (χ1n) is 15.9. The molecule has 2 bridgehead atoms. The standard InChI is InChI=1S/C33H35Cl2N5O4S2/c1-17-22(31(41)39-46(42,43)33(2)12-13-33)10-11-26-30(17)45-32(37-26)40-20-8-9-21(40)15-19(14-20)36-16-23-28(38-44-29(23)18-6-7-18)27-24(34)4-3-5-25(27)35/h3-5,10-11,18-21,36H,6-9,12-16H2,1-2H3,(H,39,41). The molecule has 2 unspecified atom stereocenters. The van der Waals surface area contributed by atoms with Gasteiger partial charge < -0.3 is 14.7 Å². The third-order valence-corrected chi connectivity index (χ3v) is 14.4. The van der Waals surface area contributed by atoms with Gasteiger partial charge in [0.2, 0.25) is 10.0 Å². The summed E-state index contributed by atoms with van der Waals surface area (Å²) >= 11 is 14.7. The average Bonchev–Trinajstić information content (AvgIpc) is 3.89. The summed E-state index contributed by atoms with van der Waals surface area (Å²) in [6, 6.07) is 10.1. The van der Waals surface area contributed by atoms with Gasteiger partial charge in [0.25, 0.3) is 5.91 Å². The summed E-state index contributed by atoms with van der Waals surface area (Å²) in [6.45, 7) is 4.19. The quantitative estimate of drug-likeness (QED) is 0.186. The molecule has 0 spiro atoms. The minimum atomic E-state index is -3.72. The number of sulfonamides is 1. The smallest absolute Gasteiger partial charge is 0.265 e. The number of nitrogens with zero attached hydrogens (tertiary/aromatic N) is 3. The molecule has 0 radical (unpaired) electrons. The fraction of sp³-hybridized carbons (Fsp3) is 0.485. The molecule has 13 heteroatoms. The number of hydrogen-bond acceptors (Lipinski definition) is 9. The highest BCUT2D eigenvalue weighted by Crippen LogP contribution is 2.47. The number of rotatable bonds is 9. The molecule has 1 amide bonds. The van der Waals surface area contributed by atoms with Gasteiger partial charge in [-0.3, -0.25) is 4.79 Å². The zero-order valence-electron chi connectivity index (χ0n) is 25.6. The van der Waals surface area contributed by atoms with Crippen molar-refractivity contribution in [1.82, 2.24) is 20.2 Å². The van der Waals surface area contributed by atoms with Gasteiger partial charge in [0.05, 0.1) is 25.0 Å². The number of anilines is 1. The molecule has 2 N–H and O–H groups in total. The highest BCUT2D eigenvalue weighted by atomic mass is 35.5. The van der Waals surface area contributed by atoms with Gasteiger partial charge in [0.1, 0.15) is 11.5 Å². The molecule has 4 aliphatic rings. The molecular formula is C33H35Cl2N5O4S2. The molecule has 46 heavy (non-hydrogen) atoms. The van der Waals surface area contributed by atoms with Crippen LogP contribution in [0.25, 0.3) is 21.5 Å². The predicted molar refractivity (Wildman–Crippen MR) is 181 cm³/mol. The molecule has 2 aliphatic carbocycles. The number of nitrogens with one attached hydrogen (secondary N) is 2. The number of benzene rings is 2. The van der Waals surface area contributed by atoms with Crippen LogP contribution in [0.15, 0.2) is 34.9 Å². The molecule has 4 fully saturated rings. The Hall–Kier alpha value is -2.70. The van der Waals surface area contributed by atoms with Crippen LogP contribution in [0.2, 0.25) is 10.0 Å². The minimum absolute atomic E-state index is 0.326. The van der Waals surface area contributed by atoms with E-state index in [2.05, 4.69) is 20.1 Å². The second-order valence-electron chi connectivity index (χ2n) is 13.6. The molecular weight excluding hydrogens is 665 g/mol. The number of fused-ring (bicyclic) bond motifs is 3. The molecule has 4 heterocycles.